The summed E-state index contributed by atoms with van der Waals surface area (Å²) >= 11 is 0. The Labute approximate surface area is 201 Å². The van der Waals surface area contributed by atoms with E-state index in [-0.39, 0.29) is 36.8 Å². The molecule has 6 atom stereocenters. The molecule has 1 aromatic carbocycles. The van der Waals surface area contributed by atoms with Crippen LogP contribution in [0.2, 0.25) is 0 Å². The van der Waals surface area contributed by atoms with Gasteiger partial charge in [-0.05, 0) is 57.1 Å². The summed E-state index contributed by atoms with van der Waals surface area (Å²) in [6.45, 7) is 10.5. The standard InChI is InChI=1S/C26H37N3O5/c1-6-11-27-22(31)18-19-24(33)29(12-8-13-30)21(26(19)14-17(4)25(18,5)34-26)23(32)28-20-15(2)9-7-10-16(20)3/h7,9-10,17-19,21,30H,6,8,11-14H2,1-5H3,(H,27,31)(H,28,32)/t17?,18-,19-,21?,25+,26?/m0/s1. The molecule has 186 valence electrons. The molecule has 3 amide bonds. The van der Waals surface area contributed by atoms with Crippen molar-refractivity contribution >= 4 is 23.4 Å². The van der Waals surface area contributed by atoms with Gasteiger partial charge < -0.3 is 25.4 Å². The minimum atomic E-state index is -1.07. The zero-order valence-corrected chi connectivity index (χ0v) is 20.8. The van der Waals surface area contributed by atoms with Crippen molar-refractivity contribution in [2.75, 3.05) is 25.0 Å². The minimum Gasteiger partial charge on any atom is -0.396 e. The van der Waals surface area contributed by atoms with Gasteiger partial charge >= 0.3 is 0 Å². The molecule has 2 bridgehead atoms. The molecule has 3 fully saturated rings. The summed E-state index contributed by atoms with van der Waals surface area (Å²) in [5, 5.41) is 15.5. The lowest BCUT2D eigenvalue weighted by Crippen LogP contribution is -2.54. The van der Waals surface area contributed by atoms with Gasteiger partial charge in [0, 0.05) is 25.4 Å². The first-order valence-corrected chi connectivity index (χ1v) is 12.4. The Morgan fingerprint density at radius 2 is 1.91 bits per heavy atom. The lowest BCUT2D eigenvalue weighted by Gasteiger charge is -2.36. The van der Waals surface area contributed by atoms with E-state index in [1.807, 2.05) is 52.8 Å². The van der Waals surface area contributed by atoms with Gasteiger partial charge in [0.1, 0.15) is 11.6 Å². The second kappa shape index (κ2) is 8.96. The fourth-order valence-corrected chi connectivity index (χ4v) is 6.48. The van der Waals surface area contributed by atoms with Gasteiger partial charge in [0.2, 0.25) is 17.7 Å². The summed E-state index contributed by atoms with van der Waals surface area (Å²) in [5.74, 6) is -2.11. The SMILES string of the molecule is CCCNC(=O)[C@@H]1[C@H]2C(=O)N(CCCO)C(C(=O)Nc3c(C)cccc3C)C23CC(C)[C@@]1(C)O3. The molecule has 0 saturated carbocycles. The molecule has 0 radical (unpaired) electrons. The highest BCUT2D eigenvalue weighted by molar-refractivity contribution is 6.04. The highest BCUT2D eigenvalue weighted by atomic mass is 16.5. The van der Waals surface area contributed by atoms with Crippen LogP contribution < -0.4 is 10.6 Å². The van der Waals surface area contributed by atoms with Crippen molar-refractivity contribution in [2.45, 2.75) is 71.1 Å². The Morgan fingerprint density at radius 3 is 2.53 bits per heavy atom. The fraction of sp³-hybridized carbons (Fsp3) is 0.654. The van der Waals surface area contributed by atoms with E-state index in [4.69, 9.17) is 4.74 Å². The number of ether oxygens (including phenoxy) is 1. The van der Waals surface area contributed by atoms with E-state index in [1.54, 1.807) is 4.90 Å². The first-order valence-electron chi connectivity index (χ1n) is 12.4. The zero-order chi connectivity index (χ0) is 24.8. The first-order chi connectivity index (χ1) is 16.1. The van der Waals surface area contributed by atoms with Crippen LogP contribution in [0.5, 0.6) is 0 Å². The summed E-state index contributed by atoms with van der Waals surface area (Å²) in [5.41, 5.74) is 0.698. The summed E-state index contributed by atoms with van der Waals surface area (Å²) in [6, 6.07) is 4.93. The Morgan fingerprint density at radius 1 is 1.24 bits per heavy atom. The van der Waals surface area contributed by atoms with Crippen LogP contribution in [0, 0.1) is 31.6 Å². The molecule has 1 aromatic rings. The summed E-state index contributed by atoms with van der Waals surface area (Å²) in [7, 11) is 0. The average Bonchev–Trinajstić information content (AvgIpc) is 3.30. The number of nitrogens with one attached hydrogen (secondary N) is 2. The summed E-state index contributed by atoms with van der Waals surface area (Å²) in [4.78, 5) is 42.5. The number of hydrogen-bond donors (Lipinski definition) is 3. The predicted molar refractivity (Wildman–Crippen MR) is 128 cm³/mol. The van der Waals surface area contributed by atoms with Crippen LogP contribution in [0.1, 0.15) is 51.2 Å². The fourth-order valence-electron chi connectivity index (χ4n) is 6.48. The second-order valence-electron chi connectivity index (χ2n) is 10.4. The highest BCUT2D eigenvalue weighted by Crippen LogP contribution is 2.65. The smallest absolute Gasteiger partial charge is 0.250 e. The van der Waals surface area contributed by atoms with Crippen molar-refractivity contribution in [1.82, 2.24) is 10.2 Å². The van der Waals surface area contributed by atoms with Gasteiger partial charge in [-0.15, -0.1) is 0 Å². The van der Waals surface area contributed by atoms with Crippen LogP contribution in [0.15, 0.2) is 18.2 Å². The Bertz CT molecular complexity index is 976. The highest BCUT2D eigenvalue weighted by Gasteiger charge is 2.79. The molecule has 0 aromatic heterocycles. The molecule has 3 aliphatic rings. The molecule has 0 aliphatic carbocycles. The number of amides is 3. The van der Waals surface area contributed by atoms with Gasteiger partial charge in [-0.25, -0.2) is 0 Å². The number of aliphatic hydroxyl groups excluding tert-OH is 1. The van der Waals surface area contributed by atoms with Gasteiger partial charge in [-0.1, -0.05) is 32.0 Å². The van der Waals surface area contributed by atoms with Crippen LogP contribution in [0.3, 0.4) is 0 Å². The number of carbonyl (C=O) groups is 3. The molecule has 4 rings (SSSR count). The van der Waals surface area contributed by atoms with Gasteiger partial charge in [-0.3, -0.25) is 14.4 Å². The number of fused-ring (bicyclic) bond motifs is 1. The van der Waals surface area contributed by atoms with Crippen LogP contribution in [0.25, 0.3) is 0 Å². The molecule has 8 nitrogen and oxygen atoms in total. The van der Waals surface area contributed by atoms with E-state index in [2.05, 4.69) is 10.6 Å². The molecule has 1 spiro atoms. The van der Waals surface area contributed by atoms with E-state index < -0.39 is 29.1 Å². The maximum atomic E-state index is 13.9. The number of para-hydroxylation sites is 1. The van der Waals surface area contributed by atoms with Gasteiger partial charge in [0.15, 0.2) is 0 Å². The third-order valence-corrected chi connectivity index (χ3v) is 8.18. The number of benzene rings is 1. The van der Waals surface area contributed by atoms with Gasteiger partial charge in [0.05, 0.1) is 17.4 Å². The van der Waals surface area contributed by atoms with E-state index in [0.29, 0.717) is 19.4 Å². The number of anilines is 1. The molecular weight excluding hydrogens is 434 g/mol. The largest absolute Gasteiger partial charge is 0.396 e. The topological polar surface area (TPSA) is 108 Å². The predicted octanol–water partition coefficient (Wildman–Crippen LogP) is 2.16. The molecular formula is C26H37N3O5. The molecule has 3 saturated heterocycles. The Kier molecular flexibility index (Phi) is 6.50. The van der Waals surface area contributed by atoms with Crippen molar-refractivity contribution in [3.05, 3.63) is 29.3 Å². The number of nitrogens with zero attached hydrogens (tertiary/aromatic N) is 1. The molecule has 3 N–H and O–H groups in total. The number of aryl methyl sites for hydroxylation is 2. The average molecular weight is 472 g/mol. The lowest BCUT2D eigenvalue weighted by atomic mass is 9.62. The normalized spacial score (nSPS) is 33.8. The van der Waals surface area contributed by atoms with E-state index in [0.717, 1.165) is 23.2 Å². The van der Waals surface area contributed by atoms with Crippen molar-refractivity contribution in [1.29, 1.82) is 0 Å². The lowest BCUT2D eigenvalue weighted by molar-refractivity contribution is -0.146. The molecule has 3 aliphatic heterocycles. The van der Waals surface area contributed by atoms with E-state index in [9.17, 15) is 19.5 Å². The molecule has 3 heterocycles. The maximum Gasteiger partial charge on any atom is 0.250 e. The van der Waals surface area contributed by atoms with E-state index in [1.165, 1.54) is 0 Å². The van der Waals surface area contributed by atoms with Crippen molar-refractivity contribution in [2.24, 2.45) is 17.8 Å². The quantitative estimate of drug-likeness (QED) is 0.539. The first kappa shape index (κ1) is 24.7. The molecule has 8 heteroatoms. The van der Waals surface area contributed by atoms with Gasteiger partial charge in [0.25, 0.3) is 0 Å². The number of likely N-dealkylation sites (tertiary alicyclic amines) is 1. The maximum absolute atomic E-state index is 13.9. The minimum absolute atomic E-state index is 0.00205. The second-order valence-corrected chi connectivity index (χ2v) is 10.4. The Hall–Kier alpha value is -2.45. The van der Waals surface area contributed by atoms with Gasteiger partial charge in [-0.2, -0.15) is 0 Å². The monoisotopic (exact) mass is 471 g/mol. The van der Waals surface area contributed by atoms with Crippen molar-refractivity contribution in [3.63, 3.8) is 0 Å². The van der Waals surface area contributed by atoms with Crippen molar-refractivity contribution < 1.29 is 24.2 Å². The van der Waals surface area contributed by atoms with Crippen LogP contribution in [-0.2, 0) is 19.1 Å². The Balaban J connectivity index is 1.75. The number of rotatable bonds is 8. The van der Waals surface area contributed by atoms with Crippen LogP contribution in [0.4, 0.5) is 5.69 Å². The third kappa shape index (κ3) is 3.53. The summed E-state index contributed by atoms with van der Waals surface area (Å²) in [6.07, 6.45) is 1.66. The number of hydrogen-bond acceptors (Lipinski definition) is 5. The number of carbonyl (C=O) groups excluding carboxylic acids is 3. The zero-order valence-electron chi connectivity index (χ0n) is 20.8. The molecule has 3 unspecified atom stereocenters. The summed E-state index contributed by atoms with van der Waals surface area (Å²) < 4.78 is 6.66. The third-order valence-electron chi connectivity index (χ3n) is 8.18. The molecule has 34 heavy (non-hydrogen) atoms. The number of aliphatic hydroxyl groups is 1. The van der Waals surface area contributed by atoms with E-state index >= 15 is 0 Å². The van der Waals surface area contributed by atoms with Crippen molar-refractivity contribution in [3.8, 4) is 0 Å². The van der Waals surface area contributed by atoms with Crippen LogP contribution >= 0.6 is 0 Å². The van der Waals surface area contributed by atoms with Crippen LogP contribution in [-0.4, -0.2) is 64.7 Å².